The largest absolute Gasteiger partial charge is 0.397 e. The van der Waals surface area contributed by atoms with Crippen LogP contribution >= 0.6 is 0 Å². The van der Waals surface area contributed by atoms with Crippen LogP contribution in [0, 0.1) is 5.41 Å². The fraction of sp³-hybridized carbons (Fsp3) is 0.667. The summed E-state index contributed by atoms with van der Waals surface area (Å²) in [5, 5.41) is 0. The molecule has 2 aliphatic rings. The van der Waals surface area contributed by atoms with Gasteiger partial charge in [0.1, 0.15) is 0 Å². The van der Waals surface area contributed by atoms with Crippen LogP contribution in [0.25, 0.3) is 0 Å². The number of nitrogens with zero attached hydrogens (tertiary/aromatic N) is 2. The summed E-state index contributed by atoms with van der Waals surface area (Å²) in [5.41, 5.74) is 8.27. The van der Waals surface area contributed by atoms with Gasteiger partial charge in [0.25, 0.3) is 0 Å². The van der Waals surface area contributed by atoms with E-state index in [1.54, 1.807) is 6.20 Å². The molecule has 0 bridgehead atoms. The van der Waals surface area contributed by atoms with Gasteiger partial charge in [0.15, 0.2) is 0 Å². The van der Waals surface area contributed by atoms with Crippen molar-refractivity contribution in [3.8, 4) is 0 Å². The predicted molar refractivity (Wildman–Crippen MR) is 74.1 cm³/mol. The molecule has 2 heterocycles. The van der Waals surface area contributed by atoms with Crippen molar-refractivity contribution in [2.75, 3.05) is 18.8 Å². The van der Waals surface area contributed by atoms with Crippen LogP contribution in [0.2, 0.25) is 0 Å². The third-order valence-electron chi connectivity index (χ3n) is 4.81. The summed E-state index contributed by atoms with van der Waals surface area (Å²) in [6.45, 7) is 3.47. The summed E-state index contributed by atoms with van der Waals surface area (Å²) in [4.78, 5) is 6.94. The van der Waals surface area contributed by atoms with Crippen LogP contribution in [-0.2, 0) is 6.54 Å². The van der Waals surface area contributed by atoms with Gasteiger partial charge in [0, 0.05) is 6.54 Å². The summed E-state index contributed by atoms with van der Waals surface area (Å²) < 4.78 is 0. The van der Waals surface area contributed by atoms with Crippen molar-refractivity contribution in [1.29, 1.82) is 0 Å². The van der Waals surface area contributed by atoms with Crippen LogP contribution in [0.5, 0.6) is 0 Å². The lowest BCUT2D eigenvalue weighted by Gasteiger charge is -2.39. The first-order valence-corrected chi connectivity index (χ1v) is 7.19. The molecule has 1 aliphatic heterocycles. The SMILES string of the molecule is Nc1ccc(CN2CCC3(CCCC3)CC2)nc1. The minimum absolute atomic E-state index is 0.713. The summed E-state index contributed by atoms with van der Waals surface area (Å²) in [6, 6.07) is 4.00. The molecule has 2 N–H and O–H groups in total. The van der Waals surface area contributed by atoms with E-state index in [1.807, 2.05) is 6.07 Å². The zero-order chi connectivity index (χ0) is 12.4. The van der Waals surface area contributed by atoms with E-state index in [4.69, 9.17) is 5.73 Å². The molecule has 2 fully saturated rings. The number of hydrogen-bond acceptors (Lipinski definition) is 3. The van der Waals surface area contributed by atoms with Crippen LogP contribution in [0.3, 0.4) is 0 Å². The van der Waals surface area contributed by atoms with E-state index < -0.39 is 0 Å². The summed E-state index contributed by atoms with van der Waals surface area (Å²) >= 11 is 0. The van der Waals surface area contributed by atoms with Crippen molar-refractivity contribution in [3.63, 3.8) is 0 Å². The molecule has 3 heteroatoms. The molecule has 1 spiro atoms. The molecular formula is C15H23N3. The summed E-state index contributed by atoms with van der Waals surface area (Å²) in [6.07, 6.45) is 10.4. The van der Waals surface area contributed by atoms with Crippen molar-refractivity contribution in [2.45, 2.75) is 45.1 Å². The Morgan fingerprint density at radius 3 is 2.44 bits per heavy atom. The molecule has 0 atom stereocenters. The Labute approximate surface area is 109 Å². The molecule has 1 saturated heterocycles. The van der Waals surface area contributed by atoms with Gasteiger partial charge >= 0.3 is 0 Å². The number of piperidine rings is 1. The Balaban J connectivity index is 1.55. The van der Waals surface area contributed by atoms with E-state index >= 15 is 0 Å². The number of likely N-dealkylation sites (tertiary alicyclic amines) is 1. The average Bonchev–Trinajstić information content (AvgIpc) is 2.84. The van der Waals surface area contributed by atoms with Crippen molar-refractivity contribution >= 4 is 5.69 Å². The second-order valence-corrected chi connectivity index (χ2v) is 6.07. The Kier molecular flexibility index (Phi) is 3.25. The highest BCUT2D eigenvalue weighted by molar-refractivity contribution is 5.34. The van der Waals surface area contributed by atoms with Gasteiger partial charge in [-0.25, -0.2) is 0 Å². The highest BCUT2D eigenvalue weighted by Gasteiger charge is 2.36. The zero-order valence-electron chi connectivity index (χ0n) is 11.1. The molecule has 3 rings (SSSR count). The molecule has 1 aromatic rings. The van der Waals surface area contributed by atoms with E-state index in [1.165, 1.54) is 51.6 Å². The van der Waals surface area contributed by atoms with Crippen LogP contribution in [0.15, 0.2) is 18.3 Å². The zero-order valence-corrected chi connectivity index (χ0v) is 11.1. The number of nitrogens with two attached hydrogens (primary N) is 1. The number of anilines is 1. The van der Waals surface area contributed by atoms with E-state index in [-0.39, 0.29) is 0 Å². The van der Waals surface area contributed by atoms with Crippen LogP contribution in [0.4, 0.5) is 5.69 Å². The Morgan fingerprint density at radius 2 is 1.83 bits per heavy atom. The number of aromatic nitrogens is 1. The van der Waals surface area contributed by atoms with E-state index in [0.29, 0.717) is 5.41 Å². The van der Waals surface area contributed by atoms with Gasteiger partial charge in [0.2, 0.25) is 0 Å². The van der Waals surface area contributed by atoms with Crippen molar-refractivity contribution in [3.05, 3.63) is 24.0 Å². The van der Waals surface area contributed by atoms with Gasteiger partial charge in [-0.05, 0) is 56.3 Å². The topological polar surface area (TPSA) is 42.1 Å². The van der Waals surface area contributed by atoms with Crippen molar-refractivity contribution in [2.24, 2.45) is 5.41 Å². The minimum Gasteiger partial charge on any atom is -0.397 e. The van der Waals surface area contributed by atoms with Gasteiger partial charge < -0.3 is 5.73 Å². The molecule has 3 nitrogen and oxygen atoms in total. The first kappa shape index (κ1) is 12.0. The maximum Gasteiger partial charge on any atom is 0.0545 e. The maximum absolute atomic E-state index is 5.66. The molecule has 0 aromatic carbocycles. The predicted octanol–water partition coefficient (Wildman–Crippen LogP) is 2.82. The number of pyridine rings is 1. The highest BCUT2D eigenvalue weighted by atomic mass is 15.1. The molecule has 0 amide bonds. The lowest BCUT2D eigenvalue weighted by atomic mass is 9.77. The van der Waals surface area contributed by atoms with Crippen LogP contribution < -0.4 is 5.73 Å². The fourth-order valence-electron chi connectivity index (χ4n) is 3.57. The monoisotopic (exact) mass is 245 g/mol. The number of hydrogen-bond donors (Lipinski definition) is 1. The maximum atomic E-state index is 5.66. The number of rotatable bonds is 2. The molecule has 98 valence electrons. The van der Waals surface area contributed by atoms with Crippen LogP contribution in [0.1, 0.15) is 44.2 Å². The Hall–Kier alpha value is -1.09. The lowest BCUT2D eigenvalue weighted by Crippen LogP contribution is -2.38. The Morgan fingerprint density at radius 1 is 1.11 bits per heavy atom. The normalized spacial score (nSPS) is 23.6. The second-order valence-electron chi connectivity index (χ2n) is 6.07. The van der Waals surface area contributed by atoms with Crippen molar-refractivity contribution in [1.82, 2.24) is 9.88 Å². The second kappa shape index (κ2) is 4.88. The van der Waals surface area contributed by atoms with Gasteiger partial charge in [-0.15, -0.1) is 0 Å². The smallest absolute Gasteiger partial charge is 0.0545 e. The quantitative estimate of drug-likeness (QED) is 0.871. The van der Waals surface area contributed by atoms with E-state index in [9.17, 15) is 0 Å². The minimum atomic E-state index is 0.713. The molecular weight excluding hydrogens is 222 g/mol. The standard InChI is InChI=1S/C15H23N3/c16-13-3-4-14(17-11-13)12-18-9-7-15(8-10-18)5-1-2-6-15/h3-4,11H,1-2,5-10,12,16H2. The number of nitrogen functional groups attached to an aromatic ring is 1. The van der Waals surface area contributed by atoms with E-state index in [0.717, 1.165) is 17.9 Å². The molecule has 1 saturated carbocycles. The third-order valence-corrected chi connectivity index (χ3v) is 4.81. The highest BCUT2D eigenvalue weighted by Crippen LogP contribution is 2.46. The lowest BCUT2D eigenvalue weighted by molar-refractivity contribution is 0.103. The summed E-state index contributed by atoms with van der Waals surface area (Å²) in [5.74, 6) is 0. The molecule has 0 radical (unpaired) electrons. The van der Waals surface area contributed by atoms with E-state index in [2.05, 4.69) is 16.0 Å². The first-order chi connectivity index (χ1) is 8.76. The van der Waals surface area contributed by atoms with Crippen LogP contribution in [-0.4, -0.2) is 23.0 Å². The van der Waals surface area contributed by atoms with Gasteiger partial charge in [-0.1, -0.05) is 12.8 Å². The third kappa shape index (κ3) is 2.51. The van der Waals surface area contributed by atoms with Gasteiger partial charge in [-0.2, -0.15) is 0 Å². The first-order valence-electron chi connectivity index (χ1n) is 7.19. The molecule has 1 aliphatic carbocycles. The van der Waals surface area contributed by atoms with Gasteiger partial charge in [0.05, 0.1) is 17.6 Å². The molecule has 18 heavy (non-hydrogen) atoms. The average molecular weight is 245 g/mol. The molecule has 0 unspecified atom stereocenters. The molecule has 1 aromatic heterocycles. The summed E-state index contributed by atoms with van der Waals surface area (Å²) in [7, 11) is 0. The Bertz CT molecular complexity index is 383. The van der Waals surface area contributed by atoms with Crippen molar-refractivity contribution < 1.29 is 0 Å². The van der Waals surface area contributed by atoms with Gasteiger partial charge in [-0.3, -0.25) is 9.88 Å². The fourth-order valence-corrected chi connectivity index (χ4v) is 3.57.